The Morgan fingerprint density at radius 2 is 1.95 bits per heavy atom. The number of hydrazine groups is 1. The minimum absolute atomic E-state index is 0.0216. The highest BCUT2D eigenvalue weighted by molar-refractivity contribution is 7.89. The van der Waals surface area contributed by atoms with Gasteiger partial charge in [-0.25, -0.2) is 14.3 Å². The van der Waals surface area contributed by atoms with Crippen molar-refractivity contribution in [3.8, 4) is 0 Å². The van der Waals surface area contributed by atoms with Gasteiger partial charge in [0.15, 0.2) is 0 Å². The minimum atomic E-state index is -3.90. The van der Waals surface area contributed by atoms with Gasteiger partial charge in [-0.2, -0.15) is 4.31 Å². The van der Waals surface area contributed by atoms with Crippen molar-refractivity contribution >= 4 is 27.5 Å². The molecule has 1 aromatic carbocycles. The molecule has 3 N–H and O–H groups in total. The fraction of sp³-hybridized carbons (Fsp3) is 0.154. The molecule has 0 aliphatic carbocycles. The lowest BCUT2D eigenvalue weighted by molar-refractivity contribution is -0.121. The molecular formula is C13H14ClN3O4S. The van der Waals surface area contributed by atoms with Crippen molar-refractivity contribution in [1.82, 2.24) is 9.73 Å². The van der Waals surface area contributed by atoms with E-state index in [1.54, 1.807) is 12.1 Å². The van der Waals surface area contributed by atoms with Crippen LogP contribution in [0.1, 0.15) is 5.76 Å². The van der Waals surface area contributed by atoms with E-state index in [1.807, 2.05) is 5.43 Å². The molecule has 0 saturated heterocycles. The molecule has 7 nitrogen and oxygen atoms in total. The average Bonchev–Trinajstić information content (AvgIpc) is 3.00. The fourth-order valence-corrected chi connectivity index (χ4v) is 3.25. The first kappa shape index (κ1) is 16.5. The molecule has 0 radical (unpaired) electrons. The molecule has 2 rings (SSSR count). The number of carbonyl (C=O) groups is 1. The third-order valence-corrected chi connectivity index (χ3v) is 4.90. The van der Waals surface area contributed by atoms with E-state index in [0.717, 1.165) is 4.31 Å². The number of nitrogens with two attached hydrogens (primary N) is 1. The standard InChI is InChI=1S/C13H14ClN3O4S/c14-10-3-5-12(6-4-10)22(19,20)17(9-13(18)16-15)8-11-2-1-7-21-11/h1-7H,8-9,15H2,(H,16,18). The molecule has 0 fully saturated rings. The fourth-order valence-electron chi connectivity index (χ4n) is 1.76. The van der Waals surface area contributed by atoms with Gasteiger partial charge < -0.3 is 4.42 Å². The number of carbonyl (C=O) groups excluding carboxylic acids is 1. The first-order valence-electron chi connectivity index (χ1n) is 6.21. The molecule has 1 amide bonds. The average molecular weight is 344 g/mol. The van der Waals surface area contributed by atoms with Crippen LogP contribution in [0.5, 0.6) is 0 Å². The van der Waals surface area contributed by atoms with Gasteiger partial charge in [-0.15, -0.1) is 0 Å². The first-order valence-corrected chi connectivity index (χ1v) is 8.03. The topological polar surface area (TPSA) is 106 Å². The van der Waals surface area contributed by atoms with Gasteiger partial charge >= 0.3 is 0 Å². The van der Waals surface area contributed by atoms with Gasteiger partial charge in [0.1, 0.15) is 5.76 Å². The van der Waals surface area contributed by atoms with Crippen LogP contribution < -0.4 is 11.3 Å². The van der Waals surface area contributed by atoms with E-state index in [1.165, 1.54) is 30.5 Å². The molecule has 2 aromatic rings. The van der Waals surface area contributed by atoms with Gasteiger partial charge in [0, 0.05) is 5.02 Å². The summed E-state index contributed by atoms with van der Waals surface area (Å²) in [5.41, 5.74) is 1.91. The number of amides is 1. The molecule has 0 bridgehead atoms. The summed E-state index contributed by atoms with van der Waals surface area (Å²) < 4.78 is 31.4. The van der Waals surface area contributed by atoms with Crippen LogP contribution in [0.4, 0.5) is 0 Å². The predicted octanol–water partition coefficient (Wildman–Crippen LogP) is 1.11. The molecule has 22 heavy (non-hydrogen) atoms. The highest BCUT2D eigenvalue weighted by atomic mass is 35.5. The quantitative estimate of drug-likeness (QED) is 0.464. The maximum atomic E-state index is 12.6. The molecule has 0 saturated carbocycles. The number of hydrogen-bond acceptors (Lipinski definition) is 5. The molecule has 9 heteroatoms. The molecule has 0 spiro atoms. The Hall–Kier alpha value is -1.87. The number of rotatable bonds is 6. The van der Waals surface area contributed by atoms with Gasteiger partial charge in [-0.05, 0) is 36.4 Å². The molecule has 1 aromatic heterocycles. The van der Waals surface area contributed by atoms with Gasteiger partial charge in [-0.3, -0.25) is 10.2 Å². The van der Waals surface area contributed by atoms with Gasteiger partial charge in [0.2, 0.25) is 15.9 Å². The number of sulfonamides is 1. The van der Waals surface area contributed by atoms with Crippen LogP contribution in [0.3, 0.4) is 0 Å². The third-order valence-electron chi connectivity index (χ3n) is 2.84. The zero-order chi connectivity index (χ0) is 16.2. The van der Waals surface area contributed by atoms with Gasteiger partial charge in [-0.1, -0.05) is 11.6 Å². The number of benzene rings is 1. The smallest absolute Gasteiger partial charge is 0.249 e. The van der Waals surface area contributed by atoms with Gasteiger partial charge in [0.25, 0.3) is 0 Å². The monoisotopic (exact) mass is 343 g/mol. The second kappa shape index (κ2) is 6.93. The van der Waals surface area contributed by atoms with Gasteiger partial charge in [0.05, 0.1) is 24.2 Å². The van der Waals surface area contributed by atoms with Crippen LogP contribution in [0.25, 0.3) is 0 Å². The molecule has 0 aliphatic heterocycles. The Labute approximate surface area is 132 Å². The molecule has 0 aliphatic rings. The van der Waals surface area contributed by atoms with E-state index in [2.05, 4.69) is 0 Å². The van der Waals surface area contributed by atoms with Crippen molar-refractivity contribution < 1.29 is 17.6 Å². The Morgan fingerprint density at radius 3 is 2.50 bits per heavy atom. The first-order chi connectivity index (χ1) is 10.4. The summed E-state index contributed by atoms with van der Waals surface area (Å²) in [4.78, 5) is 11.5. The highest BCUT2D eigenvalue weighted by Gasteiger charge is 2.27. The molecule has 0 unspecified atom stereocenters. The van der Waals surface area contributed by atoms with E-state index < -0.39 is 22.5 Å². The summed E-state index contributed by atoms with van der Waals surface area (Å²) in [7, 11) is -3.90. The lowest BCUT2D eigenvalue weighted by Crippen LogP contribution is -2.42. The Kier molecular flexibility index (Phi) is 5.19. The van der Waals surface area contributed by atoms with E-state index in [9.17, 15) is 13.2 Å². The third kappa shape index (κ3) is 3.86. The van der Waals surface area contributed by atoms with E-state index in [-0.39, 0.29) is 11.4 Å². The Morgan fingerprint density at radius 1 is 1.27 bits per heavy atom. The highest BCUT2D eigenvalue weighted by Crippen LogP contribution is 2.20. The number of hydrogen-bond donors (Lipinski definition) is 2. The largest absolute Gasteiger partial charge is 0.468 e. The zero-order valence-electron chi connectivity index (χ0n) is 11.4. The molecule has 118 valence electrons. The lowest BCUT2D eigenvalue weighted by Gasteiger charge is -2.20. The van der Waals surface area contributed by atoms with Crippen molar-refractivity contribution in [1.29, 1.82) is 0 Å². The summed E-state index contributed by atoms with van der Waals surface area (Å²) in [6.45, 7) is -0.520. The van der Waals surface area contributed by atoms with E-state index in [0.29, 0.717) is 10.8 Å². The van der Waals surface area contributed by atoms with Crippen LogP contribution in [0.2, 0.25) is 5.02 Å². The van der Waals surface area contributed by atoms with Crippen molar-refractivity contribution in [2.45, 2.75) is 11.4 Å². The number of furan rings is 1. The van der Waals surface area contributed by atoms with Crippen molar-refractivity contribution in [3.63, 3.8) is 0 Å². The Bertz CT molecular complexity index is 729. The molecule has 1 heterocycles. The van der Waals surface area contributed by atoms with E-state index in [4.69, 9.17) is 21.9 Å². The summed E-state index contributed by atoms with van der Waals surface area (Å²) in [6.07, 6.45) is 1.42. The lowest BCUT2D eigenvalue weighted by atomic mass is 10.4. The minimum Gasteiger partial charge on any atom is -0.468 e. The number of nitrogens with zero attached hydrogens (tertiary/aromatic N) is 1. The molecule has 0 atom stereocenters. The second-order valence-electron chi connectivity index (χ2n) is 4.37. The second-order valence-corrected chi connectivity index (χ2v) is 6.75. The van der Waals surface area contributed by atoms with Crippen LogP contribution in [0.15, 0.2) is 52.0 Å². The summed E-state index contributed by atoms with van der Waals surface area (Å²) in [5, 5.41) is 0.413. The van der Waals surface area contributed by atoms with Crippen molar-refractivity contribution in [3.05, 3.63) is 53.4 Å². The van der Waals surface area contributed by atoms with Crippen LogP contribution in [0, 0.1) is 0 Å². The van der Waals surface area contributed by atoms with Crippen LogP contribution in [-0.2, 0) is 21.4 Å². The number of nitrogens with one attached hydrogen (secondary N) is 1. The summed E-state index contributed by atoms with van der Waals surface area (Å²) in [6, 6.07) is 8.90. The summed E-state index contributed by atoms with van der Waals surface area (Å²) in [5.74, 6) is 4.80. The Balaban J connectivity index is 2.33. The van der Waals surface area contributed by atoms with E-state index >= 15 is 0 Å². The maximum Gasteiger partial charge on any atom is 0.249 e. The normalized spacial score (nSPS) is 11.6. The predicted molar refractivity (Wildman–Crippen MR) is 80.1 cm³/mol. The van der Waals surface area contributed by atoms with Crippen molar-refractivity contribution in [2.24, 2.45) is 5.84 Å². The van der Waals surface area contributed by atoms with Crippen LogP contribution >= 0.6 is 11.6 Å². The SMILES string of the molecule is NNC(=O)CN(Cc1ccco1)S(=O)(=O)c1ccc(Cl)cc1. The number of halogens is 1. The summed E-state index contributed by atoms with van der Waals surface area (Å²) >= 11 is 5.76. The van der Waals surface area contributed by atoms with Crippen molar-refractivity contribution in [2.75, 3.05) is 6.54 Å². The van der Waals surface area contributed by atoms with Crippen LogP contribution in [-0.4, -0.2) is 25.2 Å². The maximum absolute atomic E-state index is 12.6. The molecular weight excluding hydrogens is 330 g/mol. The zero-order valence-corrected chi connectivity index (χ0v) is 13.0.